The van der Waals surface area contributed by atoms with Gasteiger partial charge in [0.25, 0.3) is 5.91 Å². The predicted molar refractivity (Wildman–Crippen MR) is 117 cm³/mol. The molecule has 1 aliphatic rings. The first kappa shape index (κ1) is 20.1. The molecule has 4 rings (SSSR count). The third kappa shape index (κ3) is 4.20. The van der Waals surface area contributed by atoms with Gasteiger partial charge in [0.05, 0.1) is 5.69 Å². The van der Waals surface area contributed by atoms with Crippen molar-refractivity contribution in [2.24, 2.45) is 0 Å². The van der Waals surface area contributed by atoms with E-state index in [1.54, 1.807) is 4.68 Å². The Kier molecular flexibility index (Phi) is 5.28. The molecule has 0 N–H and O–H groups in total. The van der Waals surface area contributed by atoms with Crippen LogP contribution in [0.1, 0.15) is 42.4 Å². The first-order valence-corrected chi connectivity index (χ1v) is 10.3. The van der Waals surface area contributed by atoms with Gasteiger partial charge in [0, 0.05) is 37.9 Å². The molecule has 1 aromatic carbocycles. The molecule has 0 radical (unpaired) electrons. The first-order valence-electron chi connectivity index (χ1n) is 10.3. The van der Waals surface area contributed by atoms with E-state index in [0.717, 1.165) is 30.2 Å². The summed E-state index contributed by atoms with van der Waals surface area (Å²) in [4.78, 5) is 17.0. The Hall–Kier alpha value is -3.22. The van der Waals surface area contributed by atoms with Crippen molar-refractivity contribution in [2.75, 3.05) is 31.1 Å². The van der Waals surface area contributed by atoms with E-state index in [1.165, 1.54) is 5.56 Å². The summed E-state index contributed by atoms with van der Waals surface area (Å²) in [5.74, 6) is 1.61. The molecule has 1 amide bonds. The van der Waals surface area contributed by atoms with Crippen LogP contribution in [0.3, 0.4) is 0 Å². The first-order chi connectivity index (χ1) is 14.3. The van der Waals surface area contributed by atoms with Gasteiger partial charge in [0.1, 0.15) is 0 Å². The zero-order valence-corrected chi connectivity index (χ0v) is 18.0. The fraction of sp³-hybridized carbons (Fsp3) is 0.391. The molecule has 7 heteroatoms. The Morgan fingerprint density at radius 1 is 0.867 bits per heavy atom. The molecule has 1 aliphatic heterocycles. The van der Waals surface area contributed by atoms with Crippen molar-refractivity contribution in [1.82, 2.24) is 24.9 Å². The van der Waals surface area contributed by atoms with E-state index in [4.69, 9.17) is 0 Å². The molecule has 7 nitrogen and oxygen atoms in total. The number of amides is 1. The van der Waals surface area contributed by atoms with Crippen LogP contribution in [0.15, 0.2) is 48.7 Å². The summed E-state index contributed by atoms with van der Waals surface area (Å²) >= 11 is 0. The monoisotopic (exact) mass is 404 g/mol. The largest absolute Gasteiger partial charge is 0.352 e. The van der Waals surface area contributed by atoms with Gasteiger partial charge in [-0.2, -0.15) is 5.10 Å². The highest BCUT2D eigenvalue weighted by Crippen LogP contribution is 2.23. The Morgan fingerprint density at radius 3 is 2.03 bits per heavy atom. The summed E-state index contributed by atoms with van der Waals surface area (Å²) in [5, 5.41) is 13.0. The molecule has 0 unspecified atom stereocenters. The maximum atomic E-state index is 12.9. The van der Waals surface area contributed by atoms with Crippen LogP contribution in [0.25, 0.3) is 5.82 Å². The van der Waals surface area contributed by atoms with E-state index >= 15 is 0 Å². The summed E-state index contributed by atoms with van der Waals surface area (Å²) in [6.07, 6.45) is 1.87. The zero-order chi connectivity index (χ0) is 21.3. The van der Waals surface area contributed by atoms with Gasteiger partial charge in [-0.25, -0.2) is 4.68 Å². The Labute approximate surface area is 177 Å². The van der Waals surface area contributed by atoms with Crippen molar-refractivity contribution in [2.45, 2.75) is 33.1 Å². The number of rotatable bonds is 3. The average molecular weight is 405 g/mol. The van der Waals surface area contributed by atoms with Gasteiger partial charge in [0.2, 0.25) is 0 Å². The molecule has 1 saturated heterocycles. The fourth-order valence-electron chi connectivity index (χ4n) is 3.59. The van der Waals surface area contributed by atoms with Crippen molar-refractivity contribution in [3.05, 3.63) is 65.5 Å². The van der Waals surface area contributed by atoms with Gasteiger partial charge in [-0.15, -0.1) is 10.2 Å². The highest BCUT2D eigenvalue weighted by atomic mass is 16.2. The van der Waals surface area contributed by atoms with Crippen molar-refractivity contribution < 1.29 is 4.79 Å². The minimum Gasteiger partial charge on any atom is -0.352 e. The van der Waals surface area contributed by atoms with Crippen LogP contribution in [0.2, 0.25) is 0 Å². The summed E-state index contributed by atoms with van der Waals surface area (Å²) in [6.45, 7) is 11.3. The predicted octanol–water partition coefficient (Wildman–Crippen LogP) is 3.23. The Balaban J connectivity index is 1.37. The summed E-state index contributed by atoms with van der Waals surface area (Å²) in [5.41, 5.74) is 3.00. The van der Waals surface area contributed by atoms with Gasteiger partial charge >= 0.3 is 0 Å². The van der Waals surface area contributed by atoms with Crippen LogP contribution in [-0.2, 0) is 5.41 Å². The number of hydrogen-bond acceptors (Lipinski definition) is 5. The minimum atomic E-state index is 0.0834. The van der Waals surface area contributed by atoms with Gasteiger partial charge in [-0.05, 0) is 48.2 Å². The summed E-state index contributed by atoms with van der Waals surface area (Å²) < 4.78 is 1.72. The van der Waals surface area contributed by atoms with Crippen molar-refractivity contribution in [1.29, 1.82) is 0 Å². The Morgan fingerprint density at radius 2 is 1.50 bits per heavy atom. The molecule has 3 aromatic rings. The van der Waals surface area contributed by atoms with Crippen LogP contribution >= 0.6 is 0 Å². The van der Waals surface area contributed by atoms with Crippen LogP contribution in [-0.4, -0.2) is 57.0 Å². The van der Waals surface area contributed by atoms with E-state index in [-0.39, 0.29) is 11.3 Å². The van der Waals surface area contributed by atoms with Gasteiger partial charge < -0.3 is 9.80 Å². The maximum Gasteiger partial charge on any atom is 0.253 e. The second-order valence-electron chi connectivity index (χ2n) is 8.76. The van der Waals surface area contributed by atoms with Crippen molar-refractivity contribution >= 4 is 11.7 Å². The molecule has 0 aliphatic carbocycles. The number of carbonyl (C=O) groups excluding carboxylic acids is 1. The van der Waals surface area contributed by atoms with E-state index in [9.17, 15) is 4.79 Å². The Bertz CT molecular complexity index is 1010. The molecule has 30 heavy (non-hydrogen) atoms. The van der Waals surface area contributed by atoms with Crippen molar-refractivity contribution in [3.8, 4) is 5.82 Å². The molecule has 3 heterocycles. The second kappa shape index (κ2) is 7.89. The van der Waals surface area contributed by atoms with Gasteiger partial charge in [-0.1, -0.05) is 32.9 Å². The third-order valence-corrected chi connectivity index (χ3v) is 5.48. The summed E-state index contributed by atoms with van der Waals surface area (Å²) in [6, 6.07) is 13.8. The summed E-state index contributed by atoms with van der Waals surface area (Å²) in [7, 11) is 0. The number of carbonyl (C=O) groups is 1. The highest BCUT2D eigenvalue weighted by Gasteiger charge is 2.23. The van der Waals surface area contributed by atoms with Gasteiger partial charge in [-0.3, -0.25) is 4.79 Å². The van der Waals surface area contributed by atoms with E-state index < -0.39 is 0 Å². The third-order valence-electron chi connectivity index (χ3n) is 5.48. The van der Waals surface area contributed by atoms with Crippen LogP contribution < -0.4 is 4.90 Å². The van der Waals surface area contributed by atoms with Crippen LogP contribution in [0.4, 0.5) is 5.82 Å². The highest BCUT2D eigenvalue weighted by molar-refractivity contribution is 5.94. The molecule has 156 valence electrons. The lowest BCUT2D eigenvalue weighted by molar-refractivity contribution is 0.0746. The number of aryl methyl sites for hydroxylation is 1. The SMILES string of the molecule is Cc1ccn(-c2ccc(N3CCN(C(=O)c4ccc(C(C)(C)C)cc4)CC3)nn2)n1. The molecule has 1 fully saturated rings. The fourth-order valence-corrected chi connectivity index (χ4v) is 3.59. The number of benzene rings is 1. The number of piperazine rings is 1. The normalized spacial score (nSPS) is 14.8. The molecule has 2 aromatic heterocycles. The lowest BCUT2D eigenvalue weighted by Gasteiger charge is -2.35. The topological polar surface area (TPSA) is 67.2 Å². The molecule has 0 atom stereocenters. The van der Waals surface area contributed by atoms with E-state index in [2.05, 4.69) is 53.1 Å². The molecule has 0 bridgehead atoms. The minimum absolute atomic E-state index is 0.0834. The zero-order valence-electron chi connectivity index (χ0n) is 18.0. The second-order valence-corrected chi connectivity index (χ2v) is 8.76. The molecular weight excluding hydrogens is 376 g/mol. The lowest BCUT2D eigenvalue weighted by atomic mass is 9.86. The van der Waals surface area contributed by atoms with E-state index in [0.29, 0.717) is 18.9 Å². The van der Waals surface area contributed by atoms with E-state index in [1.807, 2.05) is 48.4 Å². The maximum absolute atomic E-state index is 12.9. The van der Waals surface area contributed by atoms with Crippen LogP contribution in [0.5, 0.6) is 0 Å². The standard InChI is InChI=1S/C23H28N6O/c1-17-11-12-29(26-17)21-10-9-20(24-25-21)27-13-15-28(16-14-27)22(30)18-5-7-19(8-6-18)23(2,3)4/h5-12H,13-16H2,1-4H3. The molecule has 0 saturated carbocycles. The molecule has 0 spiro atoms. The van der Waals surface area contributed by atoms with Crippen LogP contribution in [0, 0.1) is 6.92 Å². The number of anilines is 1. The average Bonchev–Trinajstić information content (AvgIpc) is 3.19. The van der Waals surface area contributed by atoms with Gasteiger partial charge in [0.15, 0.2) is 11.6 Å². The lowest BCUT2D eigenvalue weighted by Crippen LogP contribution is -2.49. The number of aromatic nitrogens is 4. The smallest absolute Gasteiger partial charge is 0.253 e. The number of hydrogen-bond donors (Lipinski definition) is 0. The quantitative estimate of drug-likeness (QED) is 0.670. The molecular formula is C23H28N6O. The van der Waals surface area contributed by atoms with Crippen molar-refractivity contribution in [3.63, 3.8) is 0 Å². The number of nitrogens with zero attached hydrogens (tertiary/aromatic N) is 6.